The Morgan fingerprint density at radius 1 is 1.09 bits per heavy atom. The average molecular weight is 485 g/mol. The molecule has 0 aliphatic carbocycles. The summed E-state index contributed by atoms with van der Waals surface area (Å²) in [6.45, 7) is 0.560. The number of nitrogens with zero attached hydrogens (tertiary/aromatic N) is 4. The maximum atomic E-state index is 14.7. The number of rotatable bonds is 5. The average Bonchev–Trinajstić information content (AvgIpc) is 3.21. The second-order valence-corrected chi connectivity index (χ2v) is 9.51. The van der Waals surface area contributed by atoms with Crippen molar-refractivity contribution in [2.24, 2.45) is 0 Å². The highest BCUT2D eigenvalue weighted by atomic mass is 32.2. The summed E-state index contributed by atoms with van der Waals surface area (Å²) in [6, 6.07) is 5.10. The van der Waals surface area contributed by atoms with Gasteiger partial charge in [0.15, 0.2) is 15.7 Å². The first-order valence-corrected chi connectivity index (χ1v) is 11.8. The van der Waals surface area contributed by atoms with Gasteiger partial charge in [-0.15, -0.1) is 0 Å². The van der Waals surface area contributed by atoms with Gasteiger partial charge in [-0.25, -0.2) is 27.8 Å². The maximum absolute atomic E-state index is 14.7. The van der Waals surface area contributed by atoms with Gasteiger partial charge in [-0.1, -0.05) is 0 Å². The van der Waals surface area contributed by atoms with Gasteiger partial charge in [-0.2, -0.15) is 13.2 Å². The zero-order valence-corrected chi connectivity index (χ0v) is 18.1. The van der Waals surface area contributed by atoms with E-state index in [4.69, 9.17) is 4.74 Å². The van der Waals surface area contributed by atoms with Gasteiger partial charge >= 0.3 is 6.18 Å². The number of hydrogen-bond donors (Lipinski definition) is 1. The molecule has 13 heteroatoms. The van der Waals surface area contributed by atoms with Gasteiger partial charge in [0.2, 0.25) is 11.8 Å². The molecule has 0 unspecified atom stereocenters. The van der Waals surface area contributed by atoms with Crippen molar-refractivity contribution in [1.29, 1.82) is 0 Å². The highest BCUT2D eigenvalue weighted by Crippen LogP contribution is 2.37. The van der Waals surface area contributed by atoms with Crippen LogP contribution in [0.5, 0.6) is 0 Å². The molecule has 33 heavy (non-hydrogen) atoms. The molecule has 3 heterocycles. The van der Waals surface area contributed by atoms with Crippen LogP contribution in [-0.4, -0.2) is 47.4 Å². The van der Waals surface area contributed by atoms with Crippen molar-refractivity contribution >= 4 is 21.5 Å². The number of aromatic nitrogens is 4. The number of ether oxygens (including phenoxy) is 1. The van der Waals surface area contributed by atoms with Crippen LogP contribution in [0.2, 0.25) is 0 Å². The van der Waals surface area contributed by atoms with Crippen LogP contribution in [-0.2, 0) is 20.8 Å². The lowest BCUT2D eigenvalue weighted by atomic mass is 10.1. The molecule has 1 aliphatic heterocycles. The summed E-state index contributed by atoms with van der Waals surface area (Å²) in [5.41, 5.74) is -0.0479. The lowest BCUT2D eigenvalue weighted by Gasteiger charge is -2.27. The quantitative estimate of drug-likeness (QED) is 0.546. The Morgan fingerprint density at radius 3 is 2.36 bits per heavy atom. The first-order chi connectivity index (χ1) is 15.5. The van der Waals surface area contributed by atoms with Crippen LogP contribution in [0.1, 0.15) is 24.7 Å². The van der Waals surface area contributed by atoms with E-state index in [1.54, 1.807) is 0 Å². The fraction of sp³-hybridized carbons (Fsp3) is 0.350. The number of benzene rings is 1. The largest absolute Gasteiger partial charge is 0.449 e. The number of imidazole rings is 1. The molecule has 1 aromatic carbocycles. The van der Waals surface area contributed by atoms with Crippen LogP contribution in [0, 0.1) is 5.82 Å². The van der Waals surface area contributed by atoms with Crippen LogP contribution in [0.3, 0.4) is 0 Å². The second kappa shape index (κ2) is 8.71. The predicted octanol–water partition coefficient (Wildman–Crippen LogP) is 4.00. The minimum absolute atomic E-state index is 0.0770. The molecule has 4 rings (SSSR count). The molecular formula is C20H19F4N5O3S. The lowest BCUT2D eigenvalue weighted by Crippen LogP contribution is -2.25. The third-order valence-corrected chi connectivity index (χ3v) is 6.26. The molecule has 0 spiro atoms. The molecule has 1 fully saturated rings. The van der Waals surface area contributed by atoms with Crippen molar-refractivity contribution in [3.8, 4) is 11.4 Å². The van der Waals surface area contributed by atoms with Crippen LogP contribution in [0.15, 0.2) is 41.6 Å². The lowest BCUT2D eigenvalue weighted by molar-refractivity contribution is -0.148. The predicted molar refractivity (Wildman–Crippen MR) is 110 cm³/mol. The van der Waals surface area contributed by atoms with Gasteiger partial charge in [0.05, 0.1) is 23.0 Å². The van der Waals surface area contributed by atoms with Crippen LogP contribution < -0.4 is 5.32 Å². The Balaban J connectivity index is 1.71. The van der Waals surface area contributed by atoms with Gasteiger partial charge in [0.25, 0.3) is 0 Å². The van der Waals surface area contributed by atoms with E-state index < -0.39 is 33.7 Å². The summed E-state index contributed by atoms with van der Waals surface area (Å²) < 4.78 is 84.9. The highest BCUT2D eigenvalue weighted by Gasteiger charge is 2.40. The van der Waals surface area contributed by atoms with Gasteiger partial charge in [-0.3, -0.25) is 0 Å². The van der Waals surface area contributed by atoms with Crippen LogP contribution in [0.4, 0.5) is 29.2 Å². The fourth-order valence-electron chi connectivity index (χ4n) is 3.58. The molecule has 0 radical (unpaired) electrons. The smallest absolute Gasteiger partial charge is 0.381 e. The van der Waals surface area contributed by atoms with Gasteiger partial charge < -0.3 is 14.6 Å². The first-order valence-electron chi connectivity index (χ1n) is 9.86. The van der Waals surface area contributed by atoms with E-state index in [0.717, 1.165) is 23.2 Å². The van der Waals surface area contributed by atoms with Crippen molar-refractivity contribution < 1.29 is 30.7 Å². The van der Waals surface area contributed by atoms with E-state index in [-0.39, 0.29) is 35.4 Å². The first kappa shape index (κ1) is 23.1. The minimum atomic E-state index is -4.73. The zero-order valence-electron chi connectivity index (χ0n) is 17.3. The molecule has 3 aromatic rings. The van der Waals surface area contributed by atoms with E-state index in [2.05, 4.69) is 20.3 Å². The molecule has 0 bridgehead atoms. The molecule has 0 saturated carbocycles. The van der Waals surface area contributed by atoms with E-state index in [1.807, 2.05) is 0 Å². The van der Waals surface area contributed by atoms with Crippen molar-refractivity contribution in [3.05, 3.63) is 48.3 Å². The Kier molecular flexibility index (Phi) is 6.10. The number of halogens is 4. The molecule has 0 atom stereocenters. The number of hydrogen-bond acceptors (Lipinski definition) is 7. The maximum Gasteiger partial charge on any atom is 0.449 e. The van der Waals surface area contributed by atoms with E-state index in [0.29, 0.717) is 18.5 Å². The van der Waals surface area contributed by atoms with Crippen molar-refractivity contribution in [3.63, 3.8) is 0 Å². The van der Waals surface area contributed by atoms with E-state index in [9.17, 15) is 26.0 Å². The van der Waals surface area contributed by atoms with Crippen LogP contribution >= 0.6 is 0 Å². The summed E-state index contributed by atoms with van der Waals surface area (Å²) >= 11 is 0. The topological polar surface area (TPSA) is 99.0 Å². The molecule has 1 N–H and O–H groups in total. The monoisotopic (exact) mass is 485 g/mol. The Morgan fingerprint density at radius 2 is 1.76 bits per heavy atom. The van der Waals surface area contributed by atoms with Crippen LogP contribution in [0.25, 0.3) is 11.4 Å². The summed E-state index contributed by atoms with van der Waals surface area (Å²) in [6.07, 6.45) is -1.23. The minimum Gasteiger partial charge on any atom is -0.381 e. The Labute approximate surface area is 186 Å². The van der Waals surface area contributed by atoms with E-state index in [1.165, 1.54) is 24.3 Å². The normalized spacial score (nSPS) is 15.5. The third kappa shape index (κ3) is 4.98. The number of anilines is 2. The zero-order chi connectivity index (χ0) is 23.8. The van der Waals surface area contributed by atoms with Gasteiger partial charge in [0.1, 0.15) is 5.69 Å². The van der Waals surface area contributed by atoms with Crippen molar-refractivity contribution in [2.75, 3.05) is 24.8 Å². The fourth-order valence-corrected chi connectivity index (χ4v) is 4.21. The SMILES string of the molecule is CS(=O)(=O)c1ccc(Nc2ncc(F)c(-c3cnc(C(F)(F)F)n3C3CCOCC3)n2)cc1. The molecule has 0 amide bonds. The summed E-state index contributed by atoms with van der Waals surface area (Å²) in [7, 11) is -3.39. The second-order valence-electron chi connectivity index (χ2n) is 7.49. The van der Waals surface area contributed by atoms with Crippen molar-refractivity contribution in [1.82, 2.24) is 19.5 Å². The number of nitrogens with one attached hydrogen (secondary N) is 1. The highest BCUT2D eigenvalue weighted by molar-refractivity contribution is 7.90. The Bertz CT molecular complexity index is 1250. The molecule has 2 aromatic heterocycles. The molecule has 176 valence electrons. The number of sulfone groups is 1. The standard InChI is InChI=1S/C20H19F4N5O3S/c1-33(30,31)14-4-2-12(3-5-14)27-19-26-10-15(21)17(28-19)16-11-25-18(20(22,23)24)29(16)13-6-8-32-9-7-13/h2-5,10-11,13H,6-9H2,1H3,(H,26,27,28). The van der Waals surface area contributed by atoms with E-state index >= 15 is 0 Å². The van der Waals surface area contributed by atoms with Gasteiger partial charge in [0, 0.05) is 31.2 Å². The molecule has 8 nitrogen and oxygen atoms in total. The molecule has 1 aliphatic rings. The summed E-state index contributed by atoms with van der Waals surface area (Å²) in [5.74, 6) is -2.12. The summed E-state index contributed by atoms with van der Waals surface area (Å²) in [4.78, 5) is 11.6. The van der Waals surface area contributed by atoms with Crippen molar-refractivity contribution in [2.45, 2.75) is 30.0 Å². The van der Waals surface area contributed by atoms with Gasteiger partial charge in [-0.05, 0) is 37.1 Å². The summed E-state index contributed by atoms with van der Waals surface area (Å²) in [5, 5.41) is 2.80. The number of alkyl halides is 3. The molecular weight excluding hydrogens is 466 g/mol. The Hall–Kier alpha value is -3.06. The molecule has 1 saturated heterocycles. The third-order valence-electron chi connectivity index (χ3n) is 5.13.